The molecule has 4 nitrogen and oxygen atoms in total. The lowest BCUT2D eigenvalue weighted by Crippen LogP contribution is -2.44. The highest BCUT2D eigenvalue weighted by Crippen LogP contribution is 2.12. The lowest BCUT2D eigenvalue weighted by atomic mass is 10.1. The number of hydrogen-bond donors (Lipinski definition) is 1. The number of hydrogen-bond acceptors (Lipinski definition) is 3. The predicted octanol–water partition coefficient (Wildman–Crippen LogP) is 2.05. The maximum Gasteiger partial charge on any atom is 0.239 e. The van der Waals surface area contributed by atoms with Crippen molar-refractivity contribution in [3.63, 3.8) is 0 Å². The molecule has 2 rings (SSSR count). The van der Waals surface area contributed by atoms with Gasteiger partial charge in [-0.3, -0.25) is 4.79 Å². The van der Waals surface area contributed by atoms with Gasteiger partial charge in [-0.25, -0.2) is 0 Å². The second kappa shape index (κ2) is 7.06. The van der Waals surface area contributed by atoms with E-state index in [4.69, 9.17) is 5.26 Å². The Kier molecular flexibility index (Phi) is 5.14. The molecule has 1 atom stereocenters. The van der Waals surface area contributed by atoms with E-state index in [1.807, 2.05) is 25.2 Å². The van der Waals surface area contributed by atoms with Gasteiger partial charge in [-0.1, -0.05) is 25.0 Å². The highest BCUT2D eigenvalue weighted by atomic mass is 16.2. The van der Waals surface area contributed by atoms with Gasteiger partial charge in [0.05, 0.1) is 17.7 Å². The number of rotatable bonds is 3. The normalized spacial score (nSPS) is 18.9. The molecule has 1 N–H and O–H groups in total. The summed E-state index contributed by atoms with van der Waals surface area (Å²) in [5.74, 6) is 0.147. The van der Waals surface area contributed by atoms with Gasteiger partial charge in [-0.05, 0) is 37.1 Å². The molecule has 0 radical (unpaired) electrons. The van der Waals surface area contributed by atoms with Gasteiger partial charge in [-0.15, -0.1) is 0 Å². The van der Waals surface area contributed by atoms with Crippen LogP contribution in [0.25, 0.3) is 0 Å². The molecule has 1 aromatic rings. The van der Waals surface area contributed by atoms with E-state index in [1.54, 1.807) is 11.0 Å². The predicted molar refractivity (Wildman–Crippen MR) is 77.9 cm³/mol. The summed E-state index contributed by atoms with van der Waals surface area (Å²) < 4.78 is 0. The van der Waals surface area contributed by atoms with Crippen molar-refractivity contribution in [3.8, 4) is 6.07 Å². The Morgan fingerprint density at radius 3 is 3.10 bits per heavy atom. The Morgan fingerprint density at radius 1 is 1.45 bits per heavy atom. The van der Waals surface area contributed by atoms with E-state index in [9.17, 15) is 4.79 Å². The third-order valence-electron chi connectivity index (χ3n) is 3.71. The van der Waals surface area contributed by atoms with E-state index in [-0.39, 0.29) is 11.9 Å². The van der Waals surface area contributed by atoms with Crippen molar-refractivity contribution in [2.45, 2.75) is 38.3 Å². The fourth-order valence-corrected chi connectivity index (χ4v) is 2.60. The minimum atomic E-state index is -0.0540. The number of amides is 1. The van der Waals surface area contributed by atoms with E-state index in [0.717, 1.165) is 31.4 Å². The molecule has 1 aliphatic heterocycles. The minimum absolute atomic E-state index is 0.0540. The average Bonchev–Trinajstić information content (AvgIpc) is 2.75. The van der Waals surface area contributed by atoms with Gasteiger partial charge >= 0.3 is 0 Å². The van der Waals surface area contributed by atoms with E-state index in [0.29, 0.717) is 12.1 Å². The van der Waals surface area contributed by atoms with Crippen molar-refractivity contribution < 1.29 is 4.79 Å². The van der Waals surface area contributed by atoms with Crippen molar-refractivity contribution >= 4 is 5.91 Å². The van der Waals surface area contributed by atoms with Crippen molar-refractivity contribution in [3.05, 3.63) is 35.4 Å². The van der Waals surface area contributed by atoms with Crippen LogP contribution in [0.2, 0.25) is 0 Å². The minimum Gasteiger partial charge on any atom is -0.340 e. The van der Waals surface area contributed by atoms with Gasteiger partial charge in [-0.2, -0.15) is 5.26 Å². The molecule has 106 valence electrons. The summed E-state index contributed by atoms with van der Waals surface area (Å²) in [4.78, 5) is 14.2. The number of carbonyl (C=O) groups excluding carboxylic acids is 1. The Labute approximate surface area is 120 Å². The first-order valence-corrected chi connectivity index (χ1v) is 7.18. The first-order chi connectivity index (χ1) is 9.70. The van der Waals surface area contributed by atoms with Gasteiger partial charge in [0.2, 0.25) is 5.91 Å². The summed E-state index contributed by atoms with van der Waals surface area (Å²) in [6, 6.07) is 9.49. The van der Waals surface area contributed by atoms with Crippen molar-refractivity contribution in [2.75, 3.05) is 13.6 Å². The SMILES string of the molecule is CN(Cc1cccc(C#N)c1)C(=O)C1CCCCCN1. The molecule has 1 fully saturated rings. The van der Waals surface area contributed by atoms with Crippen LogP contribution >= 0.6 is 0 Å². The molecule has 0 spiro atoms. The second-order valence-electron chi connectivity index (χ2n) is 5.36. The van der Waals surface area contributed by atoms with E-state index in [1.165, 1.54) is 6.42 Å². The van der Waals surface area contributed by atoms with Gasteiger partial charge in [0.25, 0.3) is 0 Å². The summed E-state index contributed by atoms with van der Waals surface area (Å²) in [6.45, 7) is 1.47. The molecular formula is C16H21N3O. The molecule has 1 saturated heterocycles. The number of likely N-dealkylation sites (N-methyl/N-ethyl adjacent to an activating group) is 1. The van der Waals surface area contributed by atoms with Gasteiger partial charge in [0.1, 0.15) is 0 Å². The first-order valence-electron chi connectivity index (χ1n) is 7.18. The maximum atomic E-state index is 12.4. The summed E-state index contributed by atoms with van der Waals surface area (Å²) in [5, 5.41) is 12.2. The second-order valence-corrected chi connectivity index (χ2v) is 5.36. The van der Waals surface area contributed by atoms with Crippen LogP contribution in [0.4, 0.5) is 0 Å². The van der Waals surface area contributed by atoms with Crippen LogP contribution < -0.4 is 5.32 Å². The van der Waals surface area contributed by atoms with Gasteiger partial charge < -0.3 is 10.2 Å². The van der Waals surface area contributed by atoms with Crippen LogP contribution in [0.1, 0.15) is 36.8 Å². The molecule has 0 aliphatic carbocycles. The largest absolute Gasteiger partial charge is 0.340 e. The zero-order chi connectivity index (χ0) is 14.4. The van der Waals surface area contributed by atoms with Gasteiger partial charge in [0.15, 0.2) is 0 Å². The smallest absolute Gasteiger partial charge is 0.239 e. The molecule has 20 heavy (non-hydrogen) atoms. The number of benzene rings is 1. The quantitative estimate of drug-likeness (QED) is 0.915. The summed E-state index contributed by atoms with van der Waals surface area (Å²) >= 11 is 0. The van der Waals surface area contributed by atoms with Crippen LogP contribution in [0, 0.1) is 11.3 Å². The monoisotopic (exact) mass is 271 g/mol. The lowest BCUT2D eigenvalue weighted by molar-refractivity contribution is -0.132. The van der Waals surface area contributed by atoms with Crippen LogP contribution in [0.15, 0.2) is 24.3 Å². The Morgan fingerprint density at radius 2 is 2.30 bits per heavy atom. The number of carbonyl (C=O) groups is 1. The number of nitrogens with one attached hydrogen (secondary N) is 1. The Balaban J connectivity index is 1.97. The van der Waals surface area contributed by atoms with Crippen molar-refractivity contribution in [1.29, 1.82) is 5.26 Å². The average molecular weight is 271 g/mol. The lowest BCUT2D eigenvalue weighted by Gasteiger charge is -2.23. The maximum absolute atomic E-state index is 12.4. The zero-order valence-electron chi connectivity index (χ0n) is 11.9. The fraction of sp³-hybridized carbons (Fsp3) is 0.500. The molecule has 0 bridgehead atoms. The van der Waals surface area contributed by atoms with E-state index in [2.05, 4.69) is 11.4 Å². The molecule has 0 aromatic heterocycles. The van der Waals surface area contributed by atoms with Crippen LogP contribution in [-0.4, -0.2) is 30.4 Å². The molecule has 1 aliphatic rings. The fourth-order valence-electron chi connectivity index (χ4n) is 2.60. The van der Waals surface area contributed by atoms with E-state index < -0.39 is 0 Å². The summed E-state index contributed by atoms with van der Waals surface area (Å²) in [6.07, 6.45) is 4.38. The number of nitriles is 1. The molecule has 0 saturated carbocycles. The molecule has 1 amide bonds. The third kappa shape index (κ3) is 3.82. The molecule has 1 heterocycles. The third-order valence-corrected chi connectivity index (χ3v) is 3.71. The molecule has 4 heteroatoms. The van der Waals surface area contributed by atoms with Crippen molar-refractivity contribution in [2.24, 2.45) is 0 Å². The highest BCUT2D eigenvalue weighted by molar-refractivity contribution is 5.81. The van der Waals surface area contributed by atoms with Crippen LogP contribution in [-0.2, 0) is 11.3 Å². The van der Waals surface area contributed by atoms with Crippen molar-refractivity contribution in [1.82, 2.24) is 10.2 Å². The molecular weight excluding hydrogens is 250 g/mol. The molecule has 1 aromatic carbocycles. The van der Waals surface area contributed by atoms with E-state index >= 15 is 0 Å². The molecule has 1 unspecified atom stereocenters. The standard InChI is InChI=1S/C16H21N3O/c1-19(12-14-7-5-6-13(10-14)11-17)16(20)15-8-3-2-4-9-18-15/h5-7,10,15,18H,2-4,8-9,12H2,1H3. The number of nitrogens with zero attached hydrogens (tertiary/aromatic N) is 2. The Bertz CT molecular complexity index is 499. The zero-order valence-corrected chi connectivity index (χ0v) is 11.9. The van der Waals surface area contributed by atoms with Crippen LogP contribution in [0.3, 0.4) is 0 Å². The summed E-state index contributed by atoms with van der Waals surface area (Å²) in [5.41, 5.74) is 1.63. The summed E-state index contributed by atoms with van der Waals surface area (Å²) in [7, 11) is 1.83. The van der Waals surface area contributed by atoms with Gasteiger partial charge in [0, 0.05) is 13.6 Å². The Hall–Kier alpha value is -1.86. The first kappa shape index (κ1) is 14.5. The van der Waals surface area contributed by atoms with Crippen LogP contribution in [0.5, 0.6) is 0 Å². The highest BCUT2D eigenvalue weighted by Gasteiger charge is 2.22. The topological polar surface area (TPSA) is 56.1 Å².